The van der Waals surface area contributed by atoms with Crippen molar-refractivity contribution in [2.24, 2.45) is 0 Å². The van der Waals surface area contributed by atoms with Gasteiger partial charge in [0.15, 0.2) is 5.78 Å². The van der Waals surface area contributed by atoms with Crippen LogP contribution in [0.3, 0.4) is 0 Å². The molecule has 0 aliphatic carbocycles. The minimum Gasteiger partial charge on any atom is -0.381 e. The number of Topliss-reactive ketones (excluding diaryl/α,β-unsaturated/α-hetero) is 1. The molecule has 1 unspecified atom stereocenters. The number of carbonyl (C=O) groups is 1. The van der Waals surface area contributed by atoms with Gasteiger partial charge >= 0.3 is 0 Å². The van der Waals surface area contributed by atoms with E-state index in [9.17, 15) is 4.79 Å². The van der Waals surface area contributed by atoms with Crippen LogP contribution in [0, 0.1) is 0 Å². The summed E-state index contributed by atoms with van der Waals surface area (Å²) in [5, 5.41) is 0. The first-order valence-corrected chi connectivity index (χ1v) is 3.24. The first-order chi connectivity index (χ1) is 4.70. The van der Waals surface area contributed by atoms with Gasteiger partial charge < -0.3 is 9.47 Å². The minimum absolute atomic E-state index is 0.00245. The SMILES string of the molecule is COCC(=O)CC(C)OC. The molecule has 0 aromatic carbocycles. The lowest BCUT2D eigenvalue weighted by atomic mass is 10.2. The Morgan fingerprint density at radius 1 is 1.50 bits per heavy atom. The van der Waals surface area contributed by atoms with Crippen LogP contribution < -0.4 is 0 Å². The van der Waals surface area contributed by atoms with E-state index >= 15 is 0 Å². The summed E-state index contributed by atoms with van der Waals surface area (Å²) in [6.45, 7) is 2.04. The molecule has 3 nitrogen and oxygen atoms in total. The predicted molar refractivity (Wildman–Crippen MR) is 38.0 cm³/mol. The molecule has 60 valence electrons. The Hall–Kier alpha value is -0.410. The molecule has 0 saturated heterocycles. The van der Waals surface area contributed by atoms with Crippen LogP contribution in [0.15, 0.2) is 0 Å². The summed E-state index contributed by atoms with van der Waals surface area (Å²) < 4.78 is 9.53. The van der Waals surface area contributed by atoms with Crippen molar-refractivity contribution in [3.8, 4) is 0 Å². The Morgan fingerprint density at radius 3 is 2.50 bits per heavy atom. The lowest BCUT2D eigenvalue weighted by molar-refractivity contribution is -0.124. The molecule has 0 heterocycles. The molecular formula is C7H14O3. The molecule has 0 amide bonds. The van der Waals surface area contributed by atoms with Crippen LogP contribution >= 0.6 is 0 Å². The van der Waals surface area contributed by atoms with Crippen molar-refractivity contribution in [1.29, 1.82) is 0 Å². The number of ketones is 1. The maximum Gasteiger partial charge on any atom is 0.161 e. The average Bonchev–Trinajstić information content (AvgIpc) is 1.88. The summed E-state index contributed by atoms with van der Waals surface area (Å²) in [5.74, 6) is 0.0804. The van der Waals surface area contributed by atoms with Crippen LogP contribution in [-0.2, 0) is 14.3 Å². The maximum atomic E-state index is 10.8. The zero-order chi connectivity index (χ0) is 7.98. The van der Waals surface area contributed by atoms with Crippen LogP contribution in [0.25, 0.3) is 0 Å². The first-order valence-electron chi connectivity index (χ1n) is 3.24. The second kappa shape index (κ2) is 5.38. The van der Waals surface area contributed by atoms with Crippen molar-refractivity contribution in [2.75, 3.05) is 20.8 Å². The molecule has 0 rings (SSSR count). The van der Waals surface area contributed by atoms with Crippen molar-refractivity contribution in [1.82, 2.24) is 0 Å². The third kappa shape index (κ3) is 4.47. The van der Waals surface area contributed by atoms with Crippen LogP contribution in [0.2, 0.25) is 0 Å². The van der Waals surface area contributed by atoms with E-state index in [0.717, 1.165) is 0 Å². The summed E-state index contributed by atoms with van der Waals surface area (Å²) in [6, 6.07) is 0. The molecular weight excluding hydrogens is 132 g/mol. The van der Waals surface area contributed by atoms with Gasteiger partial charge in [0.1, 0.15) is 6.61 Å². The van der Waals surface area contributed by atoms with E-state index in [2.05, 4.69) is 4.74 Å². The van der Waals surface area contributed by atoms with Gasteiger partial charge in [0.05, 0.1) is 6.10 Å². The lowest BCUT2D eigenvalue weighted by Crippen LogP contribution is -2.15. The highest BCUT2D eigenvalue weighted by molar-refractivity contribution is 5.80. The van der Waals surface area contributed by atoms with Crippen LogP contribution in [0.4, 0.5) is 0 Å². The van der Waals surface area contributed by atoms with Gasteiger partial charge in [-0.05, 0) is 6.92 Å². The van der Waals surface area contributed by atoms with Gasteiger partial charge in [0.2, 0.25) is 0 Å². The van der Waals surface area contributed by atoms with E-state index in [1.165, 1.54) is 7.11 Å². The van der Waals surface area contributed by atoms with E-state index in [-0.39, 0.29) is 18.5 Å². The summed E-state index contributed by atoms with van der Waals surface area (Å²) in [5.41, 5.74) is 0. The molecule has 0 bridgehead atoms. The fraction of sp³-hybridized carbons (Fsp3) is 0.857. The van der Waals surface area contributed by atoms with Crippen LogP contribution in [0.5, 0.6) is 0 Å². The second-order valence-corrected chi connectivity index (χ2v) is 2.22. The van der Waals surface area contributed by atoms with E-state index in [1.807, 2.05) is 6.92 Å². The van der Waals surface area contributed by atoms with Gasteiger partial charge in [-0.1, -0.05) is 0 Å². The molecule has 0 saturated carbocycles. The van der Waals surface area contributed by atoms with Crippen molar-refractivity contribution in [3.05, 3.63) is 0 Å². The molecule has 0 N–H and O–H groups in total. The van der Waals surface area contributed by atoms with Crippen molar-refractivity contribution < 1.29 is 14.3 Å². The fourth-order valence-electron chi connectivity index (χ4n) is 0.624. The van der Waals surface area contributed by atoms with E-state index in [0.29, 0.717) is 6.42 Å². The van der Waals surface area contributed by atoms with Gasteiger partial charge in [0.25, 0.3) is 0 Å². The number of ether oxygens (including phenoxy) is 2. The monoisotopic (exact) mass is 146 g/mol. The van der Waals surface area contributed by atoms with Gasteiger partial charge in [-0.25, -0.2) is 0 Å². The molecule has 0 aromatic heterocycles. The molecule has 10 heavy (non-hydrogen) atoms. The van der Waals surface area contributed by atoms with Gasteiger partial charge in [0, 0.05) is 20.6 Å². The topological polar surface area (TPSA) is 35.5 Å². The third-order valence-corrected chi connectivity index (χ3v) is 1.22. The first kappa shape index (κ1) is 9.59. The van der Waals surface area contributed by atoms with Gasteiger partial charge in [-0.3, -0.25) is 4.79 Å². The summed E-state index contributed by atoms with van der Waals surface area (Å²) in [4.78, 5) is 10.8. The van der Waals surface area contributed by atoms with Crippen molar-refractivity contribution in [2.45, 2.75) is 19.4 Å². The molecule has 0 aliphatic heterocycles. The van der Waals surface area contributed by atoms with Crippen molar-refractivity contribution >= 4 is 5.78 Å². The molecule has 0 radical (unpaired) electrons. The second-order valence-electron chi connectivity index (χ2n) is 2.22. The fourth-order valence-corrected chi connectivity index (χ4v) is 0.624. The zero-order valence-corrected chi connectivity index (χ0v) is 6.72. The molecule has 3 heteroatoms. The molecule has 0 aromatic rings. The Bertz CT molecular complexity index is 101. The van der Waals surface area contributed by atoms with Crippen molar-refractivity contribution in [3.63, 3.8) is 0 Å². The molecule has 0 spiro atoms. The normalized spacial score (nSPS) is 13.1. The summed E-state index contributed by atoms with van der Waals surface area (Å²) in [7, 11) is 3.10. The number of hydrogen-bond donors (Lipinski definition) is 0. The highest BCUT2D eigenvalue weighted by Crippen LogP contribution is 1.95. The van der Waals surface area contributed by atoms with Crippen LogP contribution in [0.1, 0.15) is 13.3 Å². The minimum atomic E-state index is 0.00245. The smallest absolute Gasteiger partial charge is 0.161 e. The number of hydrogen-bond acceptors (Lipinski definition) is 3. The average molecular weight is 146 g/mol. The zero-order valence-electron chi connectivity index (χ0n) is 6.72. The summed E-state index contributed by atoms with van der Waals surface area (Å²) >= 11 is 0. The Morgan fingerprint density at radius 2 is 2.10 bits per heavy atom. The number of rotatable bonds is 5. The largest absolute Gasteiger partial charge is 0.381 e. The molecule has 1 atom stereocenters. The number of carbonyl (C=O) groups excluding carboxylic acids is 1. The van der Waals surface area contributed by atoms with Crippen LogP contribution in [-0.4, -0.2) is 32.7 Å². The Labute approximate surface area is 61.3 Å². The summed E-state index contributed by atoms with van der Waals surface area (Å²) in [6.07, 6.45) is 0.437. The standard InChI is InChI=1S/C7H14O3/c1-6(10-3)4-7(8)5-9-2/h6H,4-5H2,1-3H3. The van der Waals surface area contributed by atoms with E-state index < -0.39 is 0 Å². The lowest BCUT2D eigenvalue weighted by Gasteiger charge is -2.06. The highest BCUT2D eigenvalue weighted by Gasteiger charge is 2.06. The third-order valence-electron chi connectivity index (χ3n) is 1.22. The Kier molecular flexibility index (Phi) is 5.16. The van der Waals surface area contributed by atoms with E-state index in [1.54, 1.807) is 7.11 Å². The quantitative estimate of drug-likeness (QED) is 0.570. The predicted octanol–water partition coefficient (Wildman–Crippen LogP) is 0.627. The van der Waals surface area contributed by atoms with E-state index in [4.69, 9.17) is 4.74 Å². The van der Waals surface area contributed by atoms with Gasteiger partial charge in [-0.2, -0.15) is 0 Å². The Balaban J connectivity index is 3.37. The highest BCUT2D eigenvalue weighted by atomic mass is 16.5. The maximum absolute atomic E-state index is 10.8. The number of methoxy groups -OCH3 is 2. The molecule has 0 fully saturated rings. The van der Waals surface area contributed by atoms with Gasteiger partial charge in [-0.15, -0.1) is 0 Å². The molecule has 0 aliphatic rings.